The summed E-state index contributed by atoms with van der Waals surface area (Å²) >= 11 is 0. The van der Waals surface area contributed by atoms with Crippen LogP contribution in [0.5, 0.6) is 11.5 Å². The monoisotopic (exact) mass is 315 g/mol. The first-order valence-corrected chi connectivity index (χ1v) is 6.61. The molecule has 3 aromatic rings. The lowest BCUT2D eigenvalue weighted by Crippen LogP contribution is -2.04. The van der Waals surface area contributed by atoms with Gasteiger partial charge in [0.25, 0.3) is 0 Å². The number of carboxylic acid groups (broad SMARTS) is 1. The third-order valence-electron chi connectivity index (χ3n) is 3.24. The van der Waals surface area contributed by atoms with Crippen LogP contribution in [0.2, 0.25) is 0 Å². The molecule has 8 nitrogen and oxygen atoms in total. The van der Waals surface area contributed by atoms with Crippen molar-refractivity contribution in [2.75, 3.05) is 14.2 Å². The molecule has 0 radical (unpaired) electrons. The van der Waals surface area contributed by atoms with Crippen LogP contribution in [0.3, 0.4) is 0 Å². The number of ether oxygens (including phenoxy) is 2. The Morgan fingerprint density at radius 2 is 2.09 bits per heavy atom. The second-order valence-corrected chi connectivity index (χ2v) is 4.52. The molecule has 0 spiro atoms. The number of nitrogens with zero attached hydrogens (tertiary/aromatic N) is 3. The number of benzene rings is 1. The Bertz CT molecular complexity index is 839. The normalized spacial score (nSPS) is 10.5. The van der Waals surface area contributed by atoms with Crippen molar-refractivity contribution >= 4 is 5.97 Å². The fourth-order valence-corrected chi connectivity index (χ4v) is 2.19. The van der Waals surface area contributed by atoms with E-state index in [-0.39, 0.29) is 11.4 Å². The van der Waals surface area contributed by atoms with Gasteiger partial charge in [-0.2, -0.15) is 0 Å². The number of aromatic nitrogens is 3. The molecule has 3 rings (SSSR count). The molecule has 1 N–H and O–H groups in total. The van der Waals surface area contributed by atoms with Crippen LogP contribution >= 0.6 is 0 Å². The zero-order valence-electron chi connectivity index (χ0n) is 12.4. The van der Waals surface area contributed by atoms with Crippen LogP contribution in [0.1, 0.15) is 10.5 Å². The Balaban J connectivity index is 2.23. The largest absolute Gasteiger partial charge is 0.497 e. The molecule has 23 heavy (non-hydrogen) atoms. The van der Waals surface area contributed by atoms with Crippen molar-refractivity contribution in [3.05, 3.63) is 42.3 Å². The van der Waals surface area contributed by atoms with Crippen molar-refractivity contribution in [1.82, 2.24) is 15.0 Å². The van der Waals surface area contributed by atoms with Crippen molar-refractivity contribution in [3.63, 3.8) is 0 Å². The van der Waals surface area contributed by atoms with Gasteiger partial charge in [0, 0.05) is 6.07 Å². The van der Waals surface area contributed by atoms with E-state index in [9.17, 15) is 9.90 Å². The van der Waals surface area contributed by atoms with E-state index < -0.39 is 5.97 Å². The Hall–Kier alpha value is -3.29. The average molecular weight is 315 g/mol. The molecular weight excluding hydrogens is 302 g/mol. The highest BCUT2D eigenvalue weighted by Crippen LogP contribution is 2.32. The van der Waals surface area contributed by atoms with Gasteiger partial charge in [-0.3, -0.25) is 0 Å². The first kappa shape index (κ1) is 14.6. The quantitative estimate of drug-likeness (QED) is 0.770. The van der Waals surface area contributed by atoms with Gasteiger partial charge in [0.1, 0.15) is 22.9 Å². The first-order chi connectivity index (χ1) is 11.2. The number of aromatic carboxylic acids is 1. The number of methoxy groups -OCH3 is 2. The smallest absolute Gasteiger partial charge is 0.358 e. The van der Waals surface area contributed by atoms with Gasteiger partial charge in [-0.05, 0) is 24.3 Å². The summed E-state index contributed by atoms with van der Waals surface area (Å²) in [5, 5.41) is 17.0. The second kappa shape index (κ2) is 5.84. The third kappa shape index (κ3) is 2.50. The van der Waals surface area contributed by atoms with Gasteiger partial charge in [0.05, 0.1) is 20.5 Å². The molecule has 0 bridgehead atoms. The third-order valence-corrected chi connectivity index (χ3v) is 3.24. The molecular formula is C15H13N3O5. The molecule has 8 heteroatoms. The molecule has 0 saturated carbocycles. The number of hydrogen-bond donors (Lipinski definition) is 1. The predicted octanol–water partition coefficient (Wildman–Crippen LogP) is 2.24. The van der Waals surface area contributed by atoms with E-state index in [1.807, 2.05) is 0 Å². The van der Waals surface area contributed by atoms with Gasteiger partial charge >= 0.3 is 5.97 Å². The van der Waals surface area contributed by atoms with Crippen LogP contribution in [-0.2, 0) is 0 Å². The summed E-state index contributed by atoms with van der Waals surface area (Å²) in [4.78, 5) is 11.4. The van der Waals surface area contributed by atoms with Gasteiger partial charge in [0.15, 0.2) is 5.76 Å². The molecule has 0 amide bonds. The highest BCUT2D eigenvalue weighted by atomic mass is 16.5. The summed E-state index contributed by atoms with van der Waals surface area (Å²) in [7, 11) is 3.04. The maximum absolute atomic E-state index is 11.4. The number of carbonyl (C=O) groups is 1. The molecule has 2 aromatic heterocycles. The van der Waals surface area contributed by atoms with Crippen molar-refractivity contribution < 1.29 is 23.8 Å². The topological polar surface area (TPSA) is 99.6 Å². The molecule has 0 aliphatic rings. The van der Waals surface area contributed by atoms with Crippen LogP contribution in [0.15, 0.2) is 41.0 Å². The Labute approximate surface area is 130 Å². The van der Waals surface area contributed by atoms with Crippen LogP contribution in [0.4, 0.5) is 0 Å². The van der Waals surface area contributed by atoms with Crippen LogP contribution in [0.25, 0.3) is 17.1 Å². The van der Waals surface area contributed by atoms with E-state index >= 15 is 0 Å². The van der Waals surface area contributed by atoms with Gasteiger partial charge in [-0.1, -0.05) is 5.21 Å². The molecule has 0 atom stereocenters. The van der Waals surface area contributed by atoms with E-state index in [2.05, 4.69) is 10.3 Å². The van der Waals surface area contributed by atoms with Crippen molar-refractivity contribution in [2.24, 2.45) is 0 Å². The molecule has 0 aliphatic heterocycles. The van der Waals surface area contributed by atoms with Crippen molar-refractivity contribution in [3.8, 4) is 28.6 Å². The molecule has 0 fully saturated rings. The summed E-state index contributed by atoms with van der Waals surface area (Å²) in [6, 6.07) is 8.38. The van der Waals surface area contributed by atoms with E-state index in [1.165, 1.54) is 18.1 Å². The predicted molar refractivity (Wildman–Crippen MR) is 79.1 cm³/mol. The van der Waals surface area contributed by atoms with Crippen molar-refractivity contribution in [1.29, 1.82) is 0 Å². The number of carboxylic acids is 1. The van der Waals surface area contributed by atoms with Crippen LogP contribution < -0.4 is 9.47 Å². The van der Waals surface area contributed by atoms with Crippen molar-refractivity contribution in [2.45, 2.75) is 0 Å². The van der Waals surface area contributed by atoms with E-state index in [0.29, 0.717) is 22.9 Å². The lowest BCUT2D eigenvalue weighted by Gasteiger charge is -2.11. The molecule has 0 unspecified atom stereocenters. The summed E-state index contributed by atoms with van der Waals surface area (Å²) < 4.78 is 17.2. The lowest BCUT2D eigenvalue weighted by atomic mass is 10.2. The molecule has 118 valence electrons. The highest BCUT2D eigenvalue weighted by Gasteiger charge is 2.25. The van der Waals surface area contributed by atoms with Crippen LogP contribution in [0, 0.1) is 0 Å². The van der Waals surface area contributed by atoms with E-state index in [0.717, 1.165) is 0 Å². The van der Waals surface area contributed by atoms with Gasteiger partial charge in [0.2, 0.25) is 5.69 Å². The summed E-state index contributed by atoms with van der Waals surface area (Å²) in [5.74, 6) is 0.197. The Kier molecular flexibility index (Phi) is 3.71. The zero-order valence-corrected chi connectivity index (χ0v) is 12.4. The fourth-order valence-electron chi connectivity index (χ4n) is 2.19. The summed E-state index contributed by atoms with van der Waals surface area (Å²) in [6.45, 7) is 0. The number of furan rings is 1. The fraction of sp³-hybridized carbons (Fsp3) is 0.133. The standard InChI is InChI=1S/C15H13N3O5/c1-21-9-5-6-10(12(8-9)22-2)18-14(11-4-3-7-23-11)13(15(19)20)16-17-18/h3-8H,1-2H3,(H,19,20). The lowest BCUT2D eigenvalue weighted by molar-refractivity contribution is 0.0691. The minimum atomic E-state index is -1.20. The summed E-state index contributed by atoms with van der Waals surface area (Å²) in [6.07, 6.45) is 1.45. The number of hydrogen-bond acceptors (Lipinski definition) is 6. The summed E-state index contributed by atoms with van der Waals surface area (Å²) in [5.41, 5.74) is 0.531. The number of rotatable bonds is 5. The molecule has 2 heterocycles. The maximum atomic E-state index is 11.4. The minimum absolute atomic E-state index is 0.210. The average Bonchev–Trinajstić information content (AvgIpc) is 3.22. The molecule has 0 aliphatic carbocycles. The molecule has 0 saturated heterocycles. The highest BCUT2D eigenvalue weighted by molar-refractivity contribution is 5.92. The SMILES string of the molecule is COc1ccc(-n2nnc(C(=O)O)c2-c2ccco2)c(OC)c1. The Morgan fingerprint density at radius 3 is 2.70 bits per heavy atom. The van der Waals surface area contributed by atoms with Gasteiger partial charge in [-0.15, -0.1) is 5.10 Å². The zero-order chi connectivity index (χ0) is 16.4. The Morgan fingerprint density at radius 1 is 1.26 bits per heavy atom. The second-order valence-electron chi connectivity index (χ2n) is 4.52. The first-order valence-electron chi connectivity index (χ1n) is 6.61. The van der Waals surface area contributed by atoms with Gasteiger partial charge in [-0.25, -0.2) is 9.48 Å². The van der Waals surface area contributed by atoms with E-state index in [1.54, 1.807) is 37.4 Å². The maximum Gasteiger partial charge on any atom is 0.358 e. The van der Waals surface area contributed by atoms with E-state index in [4.69, 9.17) is 13.9 Å². The molecule has 1 aromatic carbocycles. The van der Waals surface area contributed by atoms with Crippen LogP contribution in [-0.4, -0.2) is 40.3 Å². The van der Waals surface area contributed by atoms with Gasteiger partial charge < -0.3 is 19.0 Å². The minimum Gasteiger partial charge on any atom is -0.497 e.